The Morgan fingerprint density at radius 1 is 1.53 bits per heavy atom. The van der Waals surface area contributed by atoms with Crippen molar-refractivity contribution in [2.75, 3.05) is 0 Å². The highest BCUT2D eigenvalue weighted by atomic mass is 16.1. The summed E-state index contributed by atoms with van der Waals surface area (Å²) in [6, 6.07) is 0. The number of fused-ring (bicyclic) bond motifs is 1. The van der Waals surface area contributed by atoms with E-state index in [1.165, 1.54) is 5.57 Å². The van der Waals surface area contributed by atoms with E-state index >= 15 is 0 Å². The molecule has 0 radical (unpaired) electrons. The molecular formula is C15H20O2. The van der Waals surface area contributed by atoms with Crippen LogP contribution in [0, 0.1) is 11.3 Å². The highest BCUT2D eigenvalue weighted by molar-refractivity contribution is 5.94. The van der Waals surface area contributed by atoms with Crippen molar-refractivity contribution in [3.8, 4) is 0 Å². The Morgan fingerprint density at radius 3 is 3.00 bits per heavy atom. The summed E-state index contributed by atoms with van der Waals surface area (Å²) in [5.74, 6) is 0.450. The van der Waals surface area contributed by atoms with E-state index in [1.807, 2.05) is 6.08 Å². The molecule has 2 aliphatic carbocycles. The number of Topliss-reactive ketones (excluding diaryl/α,β-unsaturated/α-hetero) is 1. The summed E-state index contributed by atoms with van der Waals surface area (Å²) in [6.07, 6.45) is 10.4. The van der Waals surface area contributed by atoms with Crippen LogP contribution in [0.2, 0.25) is 0 Å². The number of allylic oxidation sites excluding steroid dienone is 4. The van der Waals surface area contributed by atoms with Crippen molar-refractivity contribution in [2.45, 2.75) is 46.0 Å². The first kappa shape index (κ1) is 12.3. The fraction of sp³-hybridized carbons (Fsp3) is 0.600. The average molecular weight is 232 g/mol. The van der Waals surface area contributed by atoms with Gasteiger partial charge in [-0.25, -0.2) is 0 Å². The third-order valence-electron chi connectivity index (χ3n) is 4.10. The predicted octanol–water partition coefficient (Wildman–Crippen LogP) is 3.23. The molecule has 0 aliphatic heterocycles. The van der Waals surface area contributed by atoms with Gasteiger partial charge in [0.25, 0.3) is 0 Å². The maximum atomic E-state index is 12.0. The number of hydrogen-bond acceptors (Lipinski definition) is 2. The lowest BCUT2D eigenvalue weighted by Crippen LogP contribution is -2.32. The summed E-state index contributed by atoms with van der Waals surface area (Å²) in [5, 5.41) is 0. The first-order chi connectivity index (χ1) is 8.01. The lowest BCUT2D eigenvalue weighted by molar-refractivity contribution is -0.121. The molecule has 0 amide bonds. The Bertz CT molecular complexity index is 403. The molecule has 2 aliphatic rings. The van der Waals surface area contributed by atoms with Crippen LogP contribution in [0.25, 0.3) is 0 Å². The van der Waals surface area contributed by atoms with Crippen molar-refractivity contribution in [2.24, 2.45) is 11.3 Å². The van der Waals surface area contributed by atoms with Gasteiger partial charge in [-0.1, -0.05) is 19.1 Å². The van der Waals surface area contributed by atoms with Gasteiger partial charge in [0, 0.05) is 12.3 Å². The Morgan fingerprint density at radius 2 is 2.29 bits per heavy atom. The smallest absolute Gasteiger partial charge is 0.159 e. The second-order valence-electron chi connectivity index (χ2n) is 5.65. The first-order valence-corrected chi connectivity index (χ1v) is 6.43. The van der Waals surface area contributed by atoms with Crippen LogP contribution in [0.1, 0.15) is 46.0 Å². The van der Waals surface area contributed by atoms with Crippen molar-refractivity contribution in [3.63, 3.8) is 0 Å². The number of hydrogen-bond donors (Lipinski definition) is 0. The van der Waals surface area contributed by atoms with E-state index in [0.717, 1.165) is 25.7 Å². The Labute approximate surface area is 103 Å². The topological polar surface area (TPSA) is 34.1 Å². The fourth-order valence-corrected chi connectivity index (χ4v) is 2.94. The molecule has 0 saturated carbocycles. The lowest BCUT2D eigenvalue weighted by atomic mass is 9.64. The number of rotatable bonds is 3. The molecule has 17 heavy (non-hydrogen) atoms. The van der Waals surface area contributed by atoms with Crippen LogP contribution in [-0.4, -0.2) is 11.6 Å². The first-order valence-electron chi connectivity index (χ1n) is 6.43. The van der Waals surface area contributed by atoms with Crippen LogP contribution in [0.15, 0.2) is 23.8 Å². The van der Waals surface area contributed by atoms with E-state index in [-0.39, 0.29) is 22.9 Å². The minimum Gasteiger partial charge on any atom is -0.300 e. The van der Waals surface area contributed by atoms with Gasteiger partial charge in [0.1, 0.15) is 5.78 Å². The van der Waals surface area contributed by atoms with Crippen LogP contribution in [0.4, 0.5) is 0 Å². The quantitative estimate of drug-likeness (QED) is 0.748. The highest BCUT2D eigenvalue weighted by Crippen LogP contribution is 2.46. The zero-order valence-electron chi connectivity index (χ0n) is 10.7. The summed E-state index contributed by atoms with van der Waals surface area (Å²) in [4.78, 5) is 23.0. The van der Waals surface area contributed by atoms with Gasteiger partial charge < -0.3 is 4.79 Å². The van der Waals surface area contributed by atoms with Gasteiger partial charge in [-0.2, -0.15) is 0 Å². The molecule has 0 N–H and O–H groups in total. The number of carbonyl (C=O) groups is 2. The van der Waals surface area contributed by atoms with Crippen LogP contribution >= 0.6 is 0 Å². The third kappa shape index (κ3) is 2.56. The minimum atomic E-state index is 0.0548. The summed E-state index contributed by atoms with van der Waals surface area (Å²) in [5.41, 5.74) is 1.34. The Kier molecular flexibility index (Phi) is 3.32. The number of carbonyl (C=O) groups excluding carboxylic acids is 2. The fourth-order valence-electron chi connectivity index (χ4n) is 2.94. The van der Waals surface area contributed by atoms with Gasteiger partial charge >= 0.3 is 0 Å². The molecule has 0 heterocycles. The molecule has 0 aromatic heterocycles. The molecule has 0 aromatic carbocycles. The van der Waals surface area contributed by atoms with Gasteiger partial charge in [-0.15, -0.1) is 0 Å². The third-order valence-corrected chi connectivity index (χ3v) is 4.10. The van der Waals surface area contributed by atoms with Crippen LogP contribution < -0.4 is 0 Å². The van der Waals surface area contributed by atoms with E-state index < -0.39 is 0 Å². The van der Waals surface area contributed by atoms with Crippen LogP contribution in [-0.2, 0) is 9.59 Å². The molecule has 0 unspecified atom stereocenters. The largest absolute Gasteiger partial charge is 0.300 e. The summed E-state index contributed by atoms with van der Waals surface area (Å²) in [7, 11) is 0. The van der Waals surface area contributed by atoms with Gasteiger partial charge in [-0.05, 0) is 49.7 Å². The van der Waals surface area contributed by atoms with Gasteiger partial charge in [-0.3, -0.25) is 4.79 Å². The van der Waals surface area contributed by atoms with Crippen molar-refractivity contribution in [1.29, 1.82) is 0 Å². The standard InChI is InChI=1S/C15H20O2/c1-11(16)6-7-12-10-15(2)8-4-3-5-13(15)9-14(12)17/h3,5,9,12H,4,6-8,10H2,1-2H3/t12-,15+/m0/s1. The Hall–Kier alpha value is -1.18. The molecule has 2 rings (SSSR count). The zero-order chi connectivity index (χ0) is 12.5. The number of ketones is 2. The Balaban J connectivity index is 2.14. The second-order valence-corrected chi connectivity index (χ2v) is 5.65. The molecule has 2 nitrogen and oxygen atoms in total. The molecule has 0 fully saturated rings. The maximum absolute atomic E-state index is 12.0. The molecule has 0 saturated heterocycles. The minimum absolute atomic E-state index is 0.0548. The van der Waals surface area contributed by atoms with Gasteiger partial charge in [0.15, 0.2) is 5.78 Å². The molecule has 2 atom stereocenters. The zero-order valence-corrected chi connectivity index (χ0v) is 10.7. The van der Waals surface area contributed by atoms with Gasteiger partial charge in [0.2, 0.25) is 0 Å². The predicted molar refractivity (Wildman–Crippen MR) is 67.6 cm³/mol. The monoisotopic (exact) mass is 232 g/mol. The van der Waals surface area contributed by atoms with Crippen molar-refractivity contribution < 1.29 is 9.59 Å². The molecular weight excluding hydrogens is 212 g/mol. The SMILES string of the molecule is CC(=O)CC[C@H]1C[C@@]2(C)CCC=CC2=CC1=O. The van der Waals surface area contributed by atoms with Crippen molar-refractivity contribution in [3.05, 3.63) is 23.8 Å². The van der Waals surface area contributed by atoms with Gasteiger partial charge in [0.05, 0.1) is 0 Å². The van der Waals surface area contributed by atoms with E-state index in [0.29, 0.717) is 6.42 Å². The summed E-state index contributed by atoms with van der Waals surface area (Å²) in [6.45, 7) is 3.84. The van der Waals surface area contributed by atoms with E-state index in [9.17, 15) is 9.59 Å². The molecule has 0 spiro atoms. The lowest BCUT2D eigenvalue weighted by Gasteiger charge is -2.39. The molecule has 0 bridgehead atoms. The van der Waals surface area contributed by atoms with Crippen LogP contribution in [0.3, 0.4) is 0 Å². The second kappa shape index (κ2) is 4.59. The van der Waals surface area contributed by atoms with E-state index in [4.69, 9.17) is 0 Å². The van der Waals surface area contributed by atoms with Crippen molar-refractivity contribution in [1.82, 2.24) is 0 Å². The van der Waals surface area contributed by atoms with Crippen LogP contribution in [0.5, 0.6) is 0 Å². The molecule has 2 heteroatoms. The normalized spacial score (nSPS) is 32.0. The van der Waals surface area contributed by atoms with E-state index in [1.54, 1.807) is 6.92 Å². The highest BCUT2D eigenvalue weighted by Gasteiger charge is 2.38. The molecule has 0 aromatic rings. The summed E-state index contributed by atoms with van der Waals surface area (Å²) < 4.78 is 0. The maximum Gasteiger partial charge on any atom is 0.159 e. The average Bonchev–Trinajstić information content (AvgIpc) is 2.27. The van der Waals surface area contributed by atoms with Crippen molar-refractivity contribution >= 4 is 11.6 Å². The molecule has 92 valence electrons. The van der Waals surface area contributed by atoms with E-state index in [2.05, 4.69) is 19.1 Å². The summed E-state index contributed by atoms with van der Waals surface area (Å²) >= 11 is 0.